The van der Waals surface area contributed by atoms with Crippen molar-refractivity contribution in [1.29, 1.82) is 0 Å². The molecule has 2 aromatic heterocycles. The lowest BCUT2D eigenvalue weighted by molar-refractivity contribution is 0.0525. The van der Waals surface area contributed by atoms with E-state index in [-0.39, 0.29) is 11.5 Å². The first-order chi connectivity index (χ1) is 12.5. The van der Waals surface area contributed by atoms with Crippen LogP contribution < -0.4 is 0 Å². The smallest absolute Gasteiger partial charge is 0.340 e. The standard InChI is InChI=1S/C20H20N2O3S/c1-4-25-20(24)18-12(2)19(21-13(18)3)16(23)11-26-17-10-9-14-7-5-6-8-15(14)22-17/h5-10,21H,4,11H2,1-3H3. The van der Waals surface area contributed by atoms with Crippen LogP contribution in [0.25, 0.3) is 10.9 Å². The van der Waals surface area contributed by atoms with Gasteiger partial charge in [0.25, 0.3) is 0 Å². The summed E-state index contributed by atoms with van der Waals surface area (Å²) in [6.45, 7) is 5.60. The molecule has 0 bridgehead atoms. The number of para-hydroxylation sites is 1. The number of nitrogens with one attached hydrogen (secondary N) is 1. The normalized spacial score (nSPS) is 10.9. The zero-order chi connectivity index (χ0) is 18.7. The van der Waals surface area contributed by atoms with Gasteiger partial charge in [-0.3, -0.25) is 4.79 Å². The van der Waals surface area contributed by atoms with Crippen LogP contribution in [0.2, 0.25) is 0 Å². The molecule has 0 saturated heterocycles. The van der Waals surface area contributed by atoms with Gasteiger partial charge in [0.1, 0.15) is 0 Å². The van der Waals surface area contributed by atoms with Crippen LogP contribution in [-0.4, -0.2) is 34.1 Å². The summed E-state index contributed by atoms with van der Waals surface area (Å²) in [6.07, 6.45) is 0. The monoisotopic (exact) mass is 368 g/mol. The molecule has 3 rings (SSSR count). The van der Waals surface area contributed by atoms with E-state index in [0.29, 0.717) is 29.1 Å². The second-order valence-corrected chi connectivity index (χ2v) is 6.90. The minimum Gasteiger partial charge on any atom is -0.462 e. The number of esters is 1. The SMILES string of the molecule is CCOC(=O)c1c(C)[nH]c(C(=O)CSc2ccc3ccccc3n2)c1C. The molecule has 0 spiro atoms. The zero-order valence-corrected chi connectivity index (χ0v) is 15.8. The number of hydrogen-bond donors (Lipinski definition) is 1. The Balaban J connectivity index is 1.75. The van der Waals surface area contributed by atoms with E-state index in [1.165, 1.54) is 11.8 Å². The van der Waals surface area contributed by atoms with Crippen molar-refractivity contribution >= 4 is 34.4 Å². The Morgan fingerprint density at radius 2 is 1.92 bits per heavy atom. The van der Waals surface area contributed by atoms with Crippen molar-refractivity contribution in [3.8, 4) is 0 Å². The molecule has 0 unspecified atom stereocenters. The highest BCUT2D eigenvalue weighted by atomic mass is 32.2. The minimum atomic E-state index is -0.401. The van der Waals surface area contributed by atoms with Crippen molar-refractivity contribution in [3.05, 3.63) is 58.9 Å². The lowest BCUT2D eigenvalue weighted by Crippen LogP contribution is -2.08. The summed E-state index contributed by atoms with van der Waals surface area (Å²) >= 11 is 1.38. The van der Waals surface area contributed by atoms with E-state index in [4.69, 9.17) is 4.74 Å². The average molecular weight is 368 g/mol. The Morgan fingerprint density at radius 3 is 2.69 bits per heavy atom. The van der Waals surface area contributed by atoms with Crippen LogP contribution >= 0.6 is 11.8 Å². The molecule has 0 aliphatic rings. The topological polar surface area (TPSA) is 72.1 Å². The molecule has 0 aliphatic heterocycles. The number of hydrogen-bond acceptors (Lipinski definition) is 5. The third-order valence-corrected chi connectivity index (χ3v) is 5.05. The lowest BCUT2D eigenvalue weighted by Gasteiger charge is -2.04. The number of nitrogens with zero attached hydrogens (tertiary/aromatic N) is 1. The maximum Gasteiger partial charge on any atom is 0.340 e. The summed E-state index contributed by atoms with van der Waals surface area (Å²) in [7, 11) is 0. The van der Waals surface area contributed by atoms with E-state index in [1.54, 1.807) is 20.8 Å². The summed E-state index contributed by atoms with van der Waals surface area (Å²) in [6, 6.07) is 11.8. The molecule has 0 aliphatic carbocycles. The molecule has 1 N–H and O–H groups in total. The molecule has 2 heterocycles. The summed E-state index contributed by atoms with van der Waals surface area (Å²) in [5, 5.41) is 1.86. The number of fused-ring (bicyclic) bond motifs is 1. The van der Waals surface area contributed by atoms with E-state index in [2.05, 4.69) is 9.97 Å². The molecular weight excluding hydrogens is 348 g/mol. The molecule has 134 valence electrons. The van der Waals surface area contributed by atoms with Gasteiger partial charge in [-0.05, 0) is 38.5 Å². The van der Waals surface area contributed by atoms with Crippen LogP contribution in [0.3, 0.4) is 0 Å². The Labute approximate surface area is 156 Å². The fourth-order valence-corrected chi connectivity index (χ4v) is 3.63. The van der Waals surface area contributed by atoms with E-state index >= 15 is 0 Å². The van der Waals surface area contributed by atoms with Crippen molar-refractivity contribution in [1.82, 2.24) is 9.97 Å². The van der Waals surface area contributed by atoms with Crippen LogP contribution in [0, 0.1) is 13.8 Å². The number of carbonyl (C=O) groups excluding carboxylic acids is 2. The molecule has 0 radical (unpaired) electrons. The summed E-state index contributed by atoms with van der Waals surface area (Å²) in [5.41, 5.74) is 3.10. The molecule has 0 atom stereocenters. The van der Waals surface area contributed by atoms with E-state index in [0.717, 1.165) is 15.9 Å². The fourth-order valence-electron chi connectivity index (χ4n) is 2.88. The van der Waals surface area contributed by atoms with Gasteiger partial charge in [0, 0.05) is 11.1 Å². The van der Waals surface area contributed by atoms with Crippen molar-refractivity contribution < 1.29 is 14.3 Å². The minimum absolute atomic E-state index is 0.0684. The van der Waals surface area contributed by atoms with Crippen molar-refractivity contribution in [2.75, 3.05) is 12.4 Å². The molecule has 26 heavy (non-hydrogen) atoms. The number of H-pyrrole nitrogens is 1. The predicted octanol–water partition coefficient (Wildman–Crippen LogP) is 4.33. The molecule has 1 aromatic carbocycles. The van der Waals surface area contributed by atoms with E-state index < -0.39 is 5.97 Å². The van der Waals surface area contributed by atoms with Gasteiger partial charge >= 0.3 is 5.97 Å². The number of thioether (sulfide) groups is 1. The number of benzene rings is 1. The Kier molecular flexibility index (Phi) is 5.42. The maximum atomic E-state index is 12.6. The van der Waals surface area contributed by atoms with E-state index in [1.807, 2.05) is 36.4 Å². The van der Waals surface area contributed by atoms with Crippen LogP contribution in [0.4, 0.5) is 0 Å². The van der Waals surface area contributed by atoms with Gasteiger partial charge in [0.05, 0.1) is 34.2 Å². The molecule has 5 nitrogen and oxygen atoms in total. The molecule has 0 amide bonds. The van der Waals surface area contributed by atoms with Crippen LogP contribution in [0.15, 0.2) is 41.4 Å². The highest BCUT2D eigenvalue weighted by Crippen LogP contribution is 2.24. The highest BCUT2D eigenvalue weighted by molar-refractivity contribution is 7.99. The molecular formula is C20H20N2O3S. The Morgan fingerprint density at radius 1 is 1.15 bits per heavy atom. The van der Waals surface area contributed by atoms with Gasteiger partial charge in [0.15, 0.2) is 5.78 Å². The summed E-state index contributed by atoms with van der Waals surface area (Å²) in [5.74, 6) is -0.225. The largest absolute Gasteiger partial charge is 0.462 e. The summed E-state index contributed by atoms with van der Waals surface area (Å²) in [4.78, 5) is 32.3. The number of rotatable bonds is 6. The van der Waals surface area contributed by atoms with Gasteiger partial charge in [0.2, 0.25) is 0 Å². The lowest BCUT2D eigenvalue weighted by atomic mass is 10.1. The van der Waals surface area contributed by atoms with Crippen molar-refractivity contribution in [2.45, 2.75) is 25.8 Å². The number of Topliss-reactive ketones (excluding diaryl/α,β-unsaturated/α-hetero) is 1. The van der Waals surface area contributed by atoms with Crippen LogP contribution in [-0.2, 0) is 4.74 Å². The first-order valence-electron chi connectivity index (χ1n) is 8.39. The quantitative estimate of drug-likeness (QED) is 0.398. The highest BCUT2D eigenvalue weighted by Gasteiger charge is 2.22. The molecule has 0 fully saturated rings. The number of aromatic amines is 1. The fraction of sp³-hybridized carbons (Fsp3) is 0.250. The third-order valence-electron chi connectivity index (χ3n) is 4.12. The molecule has 0 saturated carbocycles. The maximum absolute atomic E-state index is 12.6. The predicted molar refractivity (Wildman–Crippen MR) is 103 cm³/mol. The number of ether oxygens (including phenoxy) is 1. The first-order valence-corrected chi connectivity index (χ1v) is 9.38. The summed E-state index contributed by atoms with van der Waals surface area (Å²) < 4.78 is 5.07. The second kappa shape index (κ2) is 7.74. The van der Waals surface area contributed by atoms with Crippen LogP contribution in [0.5, 0.6) is 0 Å². The zero-order valence-electron chi connectivity index (χ0n) is 15.0. The van der Waals surface area contributed by atoms with Gasteiger partial charge in [-0.15, -0.1) is 0 Å². The molecule has 3 aromatic rings. The number of aryl methyl sites for hydroxylation is 1. The van der Waals surface area contributed by atoms with E-state index in [9.17, 15) is 9.59 Å². The number of carbonyl (C=O) groups is 2. The average Bonchev–Trinajstić information content (AvgIpc) is 2.94. The number of aromatic nitrogens is 2. The van der Waals surface area contributed by atoms with Crippen molar-refractivity contribution in [3.63, 3.8) is 0 Å². The van der Waals surface area contributed by atoms with Crippen LogP contribution in [0.1, 0.15) is 39.0 Å². The second-order valence-electron chi connectivity index (χ2n) is 5.90. The number of ketones is 1. The van der Waals surface area contributed by atoms with Gasteiger partial charge < -0.3 is 9.72 Å². The Hall–Kier alpha value is -2.60. The third kappa shape index (κ3) is 3.65. The Bertz CT molecular complexity index is 978. The first kappa shape index (κ1) is 18.2. The van der Waals surface area contributed by atoms with Crippen molar-refractivity contribution in [2.24, 2.45) is 0 Å². The van der Waals surface area contributed by atoms with Gasteiger partial charge in [-0.1, -0.05) is 36.0 Å². The van der Waals surface area contributed by atoms with Gasteiger partial charge in [-0.2, -0.15) is 0 Å². The number of pyridine rings is 1. The molecule has 6 heteroatoms. The van der Waals surface area contributed by atoms with Gasteiger partial charge in [-0.25, -0.2) is 9.78 Å².